The average molecular weight is 562 g/mol. The normalized spacial score (nSPS) is 11.6. The first kappa shape index (κ1) is 24.7. The molecule has 0 aliphatic rings. The third-order valence-electron chi connectivity index (χ3n) is 8.82. The van der Waals surface area contributed by atoms with E-state index >= 15 is 0 Å². The van der Waals surface area contributed by atoms with Crippen molar-refractivity contribution in [3.05, 3.63) is 164 Å². The number of rotatable bonds is 4. The summed E-state index contributed by atoms with van der Waals surface area (Å²) >= 11 is 0. The molecule has 0 bridgehead atoms. The lowest BCUT2D eigenvalue weighted by molar-refractivity contribution is 0.669. The molecule has 0 fully saturated rings. The molecule has 2 heteroatoms. The second-order valence-corrected chi connectivity index (χ2v) is 11.3. The smallest absolute Gasteiger partial charge is 0.159 e. The van der Waals surface area contributed by atoms with Gasteiger partial charge in [0.05, 0.1) is 11.4 Å². The van der Waals surface area contributed by atoms with E-state index in [0.717, 1.165) is 39.0 Å². The van der Waals surface area contributed by atoms with Crippen LogP contribution in [0.5, 0.6) is 0 Å². The fraction of sp³-hybridized carbons (Fsp3) is 0. The Morgan fingerprint density at radius 3 is 1.91 bits per heavy atom. The maximum atomic E-state index is 6.64. The largest absolute Gasteiger partial charge is 0.454 e. The highest BCUT2D eigenvalue weighted by molar-refractivity contribution is 6.17. The Morgan fingerprint density at radius 2 is 1.02 bits per heavy atom. The van der Waals surface area contributed by atoms with Crippen LogP contribution in [0, 0.1) is 0 Å². The molecule has 206 valence electrons. The monoisotopic (exact) mass is 561 g/mol. The van der Waals surface area contributed by atoms with Gasteiger partial charge in [-0.1, -0.05) is 133 Å². The number of benzene rings is 8. The van der Waals surface area contributed by atoms with Crippen LogP contribution in [0.4, 0.5) is 17.1 Å². The molecule has 1 heterocycles. The van der Waals surface area contributed by atoms with E-state index in [1.54, 1.807) is 0 Å². The van der Waals surface area contributed by atoms with E-state index in [1.165, 1.54) is 43.4 Å². The van der Waals surface area contributed by atoms with E-state index < -0.39 is 0 Å². The molecule has 0 amide bonds. The van der Waals surface area contributed by atoms with E-state index in [4.69, 9.17) is 4.42 Å². The van der Waals surface area contributed by atoms with Gasteiger partial charge in [-0.15, -0.1) is 0 Å². The highest BCUT2D eigenvalue weighted by atomic mass is 16.3. The molecular weight excluding hydrogens is 534 g/mol. The van der Waals surface area contributed by atoms with Gasteiger partial charge in [0.2, 0.25) is 0 Å². The molecule has 9 aromatic rings. The van der Waals surface area contributed by atoms with Crippen molar-refractivity contribution < 1.29 is 4.42 Å². The van der Waals surface area contributed by atoms with Gasteiger partial charge in [0.25, 0.3) is 0 Å². The minimum Gasteiger partial charge on any atom is -0.454 e. The van der Waals surface area contributed by atoms with Crippen LogP contribution in [0.1, 0.15) is 0 Å². The Hall–Kier alpha value is -5.86. The van der Waals surface area contributed by atoms with E-state index in [0.29, 0.717) is 0 Å². The Labute approximate surface area is 255 Å². The first-order valence-corrected chi connectivity index (χ1v) is 15.0. The summed E-state index contributed by atoms with van der Waals surface area (Å²) in [5.41, 5.74) is 7.35. The van der Waals surface area contributed by atoms with Crippen LogP contribution < -0.4 is 4.90 Å². The Balaban J connectivity index is 1.37. The number of fused-ring (bicyclic) bond motifs is 7. The van der Waals surface area contributed by atoms with Crippen molar-refractivity contribution in [2.45, 2.75) is 0 Å². The van der Waals surface area contributed by atoms with Gasteiger partial charge in [-0.3, -0.25) is 0 Å². The Morgan fingerprint density at radius 1 is 0.386 bits per heavy atom. The first-order valence-electron chi connectivity index (χ1n) is 15.0. The highest BCUT2D eigenvalue weighted by Crippen LogP contribution is 2.46. The molecule has 8 aromatic carbocycles. The Bertz CT molecular complexity index is 2520. The number of nitrogens with zero attached hydrogens (tertiary/aromatic N) is 1. The van der Waals surface area contributed by atoms with Crippen molar-refractivity contribution in [2.24, 2.45) is 0 Å². The van der Waals surface area contributed by atoms with Gasteiger partial charge in [0.1, 0.15) is 5.58 Å². The van der Waals surface area contributed by atoms with Gasteiger partial charge in [-0.25, -0.2) is 0 Å². The Kier molecular flexibility index (Phi) is 5.54. The molecule has 0 spiro atoms. The molecule has 0 N–H and O–H groups in total. The molecule has 0 aliphatic heterocycles. The molecule has 1 aromatic heterocycles. The summed E-state index contributed by atoms with van der Waals surface area (Å²) < 4.78 is 6.64. The second-order valence-electron chi connectivity index (χ2n) is 11.3. The number of anilines is 3. The number of hydrogen-bond donors (Lipinski definition) is 0. The fourth-order valence-corrected chi connectivity index (χ4v) is 6.83. The molecule has 0 unspecified atom stereocenters. The summed E-state index contributed by atoms with van der Waals surface area (Å²) in [5.74, 6) is 0. The molecule has 2 nitrogen and oxygen atoms in total. The minimum atomic E-state index is 0.876. The molecule has 0 saturated heterocycles. The summed E-state index contributed by atoms with van der Waals surface area (Å²) in [6.45, 7) is 0. The van der Waals surface area contributed by atoms with E-state index in [1.807, 2.05) is 6.07 Å². The lowest BCUT2D eigenvalue weighted by atomic mass is 9.96. The summed E-state index contributed by atoms with van der Waals surface area (Å²) in [7, 11) is 0. The SMILES string of the molecule is c1cc(-c2cccc3ccccc23)cc(N(c2cc3ccccc3c3ccccc23)c2cccc3c2oc2ccccc23)c1. The predicted octanol–water partition coefficient (Wildman–Crippen LogP) is 12.2. The van der Waals surface area contributed by atoms with Crippen LogP contribution in [0.25, 0.3) is 65.4 Å². The van der Waals surface area contributed by atoms with Crippen molar-refractivity contribution in [3.63, 3.8) is 0 Å². The quantitative estimate of drug-likeness (QED) is 0.199. The van der Waals surface area contributed by atoms with E-state index in [9.17, 15) is 0 Å². The summed E-state index contributed by atoms with van der Waals surface area (Å²) in [6, 6.07) is 58.5. The van der Waals surface area contributed by atoms with E-state index in [-0.39, 0.29) is 0 Å². The third kappa shape index (κ3) is 3.82. The van der Waals surface area contributed by atoms with Crippen LogP contribution in [-0.2, 0) is 0 Å². The van der Waals surface area contributed by atoms with Crippen LogP contribution in [0.2, 0.25) is 0 Å². The molecule has 0 saturated carbocycles. The van der Waals surface area contributed by atoms with Crippen LogP contribution in [0.3, 0.4) is 0 Å². The van der Waals surface area contributed by atoms with Crippen molar-refractivity contribution in [1.29, 1.82) is 0 Å². The average Bonchev–Trinajstić information content (AvgIpc) is 3.48. The lowest BCUT2D eigenvalue weighted by Gasteiger charge is -2.28. The first-order chi connectivity index (χ1) is 21.8. The van der Waals surface area contributed by atoms with Gasteiger partial charge < -0.3 is 9.32 Å². The maximum Gasteiger partial charge on any atom is 0.159 e. The van der Waals surface area contributed by atoms with Crippen molar-refractivity contribution in [1.82, 2.24) is 0 Å². The van der Waals surface area contributed by atoms with Crippen LogP contribution >= 0.6 is 0 Å². The third-order valence-corrected chi connectivity index (χ3v) is 8.82. The zero-order valence-electron chi connectivity index (χ0n) is 23.9. The molecule has 9 rings (SSSR count). The molecular formula is C42H27NO. The summed E-state index contributed by atoms with van der Waals surface area (Å²) in [5, 5.41) is 9.58. The molecule has 0 atom stereocenters. The number of hydrogen-bond acceptors (Lipinski definition) is 2. The number of para-hydroxylation sites is 2. The summed E-state index contributed by atoms with van der Waals surface area (Å²) in [4.78, 5) is 2.38. The fourth-order valence-electron chi connectivity index (χ4n) is 6.83. The van der Waals surface area contributed by atoms with Crippen molar-refractivity contribution in [2.75, 3.05) is 4.90 Å². The van der Waals surface area contributed by atoms with Crippen molar-refractivity contribution in [3.8, 4) is 11.1 Å². The highest BCUT2D eigenvalue weighted by Gasteiger charge is 2.22. The molecule has 0 aliphatic carbocycles. The van der Waals surface area contributed by atoms with Crippen LogP contribution in [-0.4, -0.2) is 0 Å². The van der Waals surface area contributed by atoms with Gasteiger partial charge in [0, 0.05) is 21.8 Å². The zero-order valence-corrected chi connectivity index (χ0v) is 23.9. The van der Waals surface area contributed by atoms with Crippen LogP contribution in [0.15, 0.2) is 168 Å². The van der Waals surface area contributed by atoms with Gasteiger partial charge in [0.15, 0.2) is 5.58 Å². The molecule has 0 radical (unpaired) electrons. The van der Waals surface area contributed by atoms with Gasteiger partial charge in [-0.05, 0) is 68.4 Å². The standard InChI is InChI=1S/C42H27NO/c1-3-17-32-28(12-1)14-10-22-33(32)29-15-9-16-31(26-29)43(39-24-11-23-38-37-21-7-8-25-41(37)44-42(38)39)40-27-30-13-2-4-18-34(30)35-19-5-6-20-36(35)40/h1-27H. The van der Waals surface area contributed by atoms with Gasteiger partial charge >= 0.3 is 0 Å². The summed E-state index contributed by atoms with van der Waals surface area (Å²) in [6.07, 6.45) is 0. The second kappa shape index (κ2) is 9.86. The van der Waals surface area contributed by atoms with E-state index in [2.05, 4.69) is 163 Å². The van der Waals surface area contributed by atoms with Crippen molar-refractivity contribution >= 4 is 71.3 Å². The zero-order chi connectivity index (χ0) is 29.0. The molecule has 44 heavy (non-hydrogen) atoms. The maximum absolute atomic E-state index is 6.64. The lowest BCUT2D eigenvalue weighted by Crippen LogP contribution is -2.11. The minimum absolute atomic E-state index is 0.876. The number of furan rings is 1. The predicted molar refractivity (Wildman–Crippen MR) is 186 cm³/mol. The topological polar surface area (TPSA) is 16.4 Å². The van der Waals surface area contributed by atoms with Gasteiger partial charge in [-0.2, -0.15) is 0 Å².